The fraction of sp³-hybridized carbons (Fsp3) is 0.400. The Labute approximate surface area is 656 Å². The Morgan fingerprint density at radius 1 is 0.235 bits per heavy atom. The van der Waals surface area contributed by atoms with Crippen LogP contribution in [0.25, 0.3) is 62.7 Å². The van der Waals surface area contributed by atoms with E-state index >= 15 is 79.0 Å². The van der Waals surface area contributed by atoms with Gasteiger partial charge in [-0.2, -0.15) is 0 Å². The third-order valence-electron chi connectivity index (χ3n) is 17.4. The molecule has 0 N–H and O–H groups in total. The van der Waals surface area contributed by atoms with Gasteiger partial charge in [-0.1, -0.05) is 114 Å². The van der Waals surface area contributed by atoms with E-state index in [9.17, 15) is 28.8 Å². The molecule has 0 radical (unpaired) electrons. The average molecular weight is 1700 g/mol. The fourth-order valence-corrected chi connectivity index (χ4v) is 12.0. The number of azide groups is 6. The van der Waals surface area contributed by atoms with Crippen molar-refractivity contribution in [3.8, 4) is 0 Å². The second-order valence-corrected chi connectivity index (χ2v) is 27.5. The first-order valence-electron chi connectivity index (χ1n) is 33.9. The van der Waals surface area contributed by atoms with Crippen molar-refractivity contribution in [1.82, 2.24) is 0 Å². The number of hydrogen-bond donors (Lipinski definition) is 0. The first-order valence-corrected chi connectivity index (χ1v) is 33.9. The highest BCUT2D eigenvalue weighted by Crippen LogP contribution is 2.44. The van der Waals surface area contributed by atoms with E-state index in [4.69, 9.17) is 66.3 Å². The monoisotopic (exact) mass is 1700 g/mol. The van der Waals surface area contributed by atoms with Gasteiger partial charge < -0.3 is 33.2 Å². The highest BCUT2D eigenvalue weighted by atomic mass is 19.2. The summed E-state index contributed by atoms with van der Waals surface area (Å²) in [5.41, 5.74) is 19.5. The molecule has 6 rings (SSSR count). The predicted molar refractivity (Wildman–Crippen MR) is 373 cm³/mol. The summed E-state index contributed by atoms with van der Waals surface area (Å²) in [6.07, 6.45) is 0. The number of esters is 6. The zero-order valence-corrected chi connectivity index (χ0v) is 63.3. The number of carbonyl (C=O) groups is 6. The average Bonchev–Trinajstić information content (AvgIpc) is 0.799. The minimum absolute atomic E-state index is 1.00. The van der Waals surface area contributed by atoms with Crippen molar-refractivity contribution in [2.75, 3.05) is 52.9 Å². The molecule has 632 valence electrons. The number of ether oxygens (including phenoxy) is 7. The lowest BCUT2D eigenvalue weighted by atomic mass is 9.89. The summed E-state index contributed by atoms with van der Waals surface area (Å²) >= 11 is 0. The first kappa shape index (κ1) is 94.6. The zero-order chi connectivity index (χ0) is 89.8. The number of halogens is 18. The van der Waals surface area contributed by atoms with Crippen LogP contribution in [0.2, 0.25) is 0 Å². The van der Waals surface area contributed by atoms with E-state index in [1.807, 2.05) is 0 Å². The van der Waals surface area contributed by atoms with Crippen LogP contribution in [0.3, 0.4) is 0 Å². The highest BCUT2D eigenvalue weighted by Gasteiger charge is 2.46. The van der Waals surface area contributed by atoms with Crippen molar-refractivity contribution in [2.24, 2.45) is 41.5 Å². The van der Waals surface area contributed by atoms with Crippen LogP contribution in [0.5, 0.6) is 0 Å². The normalized spacial score (nSPS) is 12.2. The van der Waals surface area contributed by atoms with Gasteiger partial charge in [0, 0.05) is 62.9 Å². The lowest BCUT2D eigenvalue weighted by Crippen LogP contribution is -2.47. The molecule has 6 aromatic rings. The Morgan fingerprint density at radius 2 is 0.361 bits per heavy atom. The van der Waals surface area contributed by atoms with Crippen LogP contribution in [0.4, 0.5) is 113 Å². The first-order chi connectivity index (χ1) is 55.8. The molecule has 0 atom stereocenters. The summed E-state index contributed by atoms with van der Waals surface area (Å²) < 4.78 is 330. The molecule has 0 heterocycles. The number of carbonyl (C=O) groups excluding carboxylic acids is 6. The maximum absolute atomic E-state index is 16.5. The minimum atomic E-state index is -3.39. The third-order valence-corrected chi connectivity index (χ3v) is 17.4. The van der Waals surface area contributed by atoms with Crippen LogP contribution in [-0.2, 0) is 33.2 Å². The van der Waals surface area contributed by atoms with Gasteiger partial charge in [-0.3, -0.25) is 0 Å². The largest absolute Gasteiger partial charge is 0.461 e. The van der Waals surface area contributed by atoms with Crippen LogP contribution in [0.15, 0.2) is 30.7 Å². The molecule has 6 aromatic carbocycles. The SMILES string of the molecule is CC(C)c1c(F)c(N=[N+]=[N-])c(F)c(F)c1C(=O)OCC(COCC(COC(=O)c1c(F)c(F)c(N=[N+]=[N-])c(F)c1C(C)C)(COC(=O)c1c(F)c(F)c(N=[N+]=[N-])c(F)c1C(C)C)COC(=O)c1c(F)c(F)c(N=[N+]=[N-])c(F)c1C(C)C)(COC(=O)c1c(F)c(F)c(N=[N+]=[N-])c(F)c1C(C)C)COC(=O)c1c(F)c(F)c(N=[N+]=[N-])c(F)c1C(C)C. The maximum Gasteiger partial charge on any atom is 0.341 e. The minimum Gasteiger partial charge on any atom is -0.461 e. The van der Waals surface area contributed by atoms with Gasteiger partial charge in [0.25, 0.3) is 0 Å². The van der Waals surface area contributed by atoms with Gasteiger partial charge in [0.2, 0.25) is 0 Å². The number of hydrogen-bond acceptors (Lipinski definition) is 19. The zero-order valence-electron chi connectivity index (χ0n) is 63.3. The van der Waals surface area contributed by atoms with E-state index in [0.717, 1.165) is 83.1 Å². The predicted octanol–water partition coefficient (Wildman–Crippen LogP) is 23.0. The summed E-state index contributed by atoms with van der Waals surface area (Å²) in [4.78, 5) is 101. The molecule has 0 amide bonds. The Hall–Kier alpha value is -13.3. The summed E-state index contributed by atoms with van der Waals surface area (Å²) in [7, 11) is 0. The molecule has 0 unspecified atom stereocenters. The van der Waals surface area contributed by atoms with Gasteiger partial charge in [-0.05, 0) is 68.7 Å². The summed E-state index contributed by atoms with van der Waals surface area (Å²) in [6.45, 7) is -4.11. The van der Waals surface area contributed by atoms with Crippen molar-refractivity contribution in [2.45, 2.75) is 119 Å². The van der Waals surface area contributed by atoms with Crippen molar-refractivity contribution in [3.05, 3.63) is 234 Å². The summed E-state index contributed by atoms with van der Waals surface area (Å²) in [5.74, 6) is -64.3. The highest BCUT2D eigenvalue weighted by molar-refractivity contribution is 5.96. The maximum atomic E-state index is 16.5. The molecule has 49 heteroatoms. The Balaban J connectivity index is 1.79. The van der Waals surface area contributed by atoms with Crippen molar-refractivity contribution < 1.29 is 141 Å². The van der Waals surface area contributed by atoms with Gasteiger partial charge in [0.15, 0.2) is 69.8 Å². The third kappa shape index (κ3) is 19.1. The van der Waals surface area contributed by atoms with Crippen molar-refractivity contribution in [3.63, 3.8) is 0 Å². The molecule has 119 heavy (non-hydrogen) atoms. The molecular weight excluding hydrogens is 1640 g/mol. The second-order valence-electron chi connectivity index (χ2n) is 27.5. The number of rotatable bonds is 34. The Morgan fingerprint density at radius 3 is 0.471 bits per heavy atom. The van der Waals surface area contributed by atoms with Crippen LogP contribution in [0, 0.1) is 116 Å². The van der Waals surface area contributed by atoms with Crippen molar-refractivity contribution in [1.29, 1.82) is 0 Å². The molecule has 0 fully saturated rings. The number of benzene rings is 6. The Kier molecular flexibility index (Phi) is 31.1. The molecule has 0 bridgehead atoms. The standard InChI is InChI=1S/C70H58F18N18O13/c1-21(2)27-33(39(71)51(83)57(45(27)77)95-101-89)63(107)114-15-69(16-115-64(108)34-28(22(3)4)46(78)58(96-102-90)52(84)40(34)72,17-116-65(109)35-29(23(5)6)47(79)59(97-103-91)53(85)41(35)73)13-113-14-70(18-117-66(110)36-30(24(7)8)48(80)60(98-104-92)54(86)42(36)74,19-118-67(111)37-31(25(9)10)49(81)61(99-105-93)55(87)43(37)75)20-119-68(112)38-32(26(11)12)50(82)62(100-106-94)56(88)44(38)76/h21-26H,13-20H2,1-12H3. The van der Waals surface area contributed by atoms with Crippen LogP contribution in [-0.4, -0.2) is 88.7 Å². The summed E-state index contributed by atoms with van der Waals surface area (Å²) in [5, 5.41) is 16.5. The Bertz CT molecular complexity index is 4660. The molecule has 0 saturated carbocycles. The van der Waals surface area contributed by atoms with E-state index in [1.54, 1.807) is 0 Å². The molecule has 0 aliphatic heterocycles. The molecular formula is C70H58F18N18O13. The molecule has 0 saturated heterocycles. The van der Waals surface area contributed by atoms with E-state index < -0.39 is 341 Å². The smallest absolute Gasteiger partial charge is 0.341 e. The second kappa shape index (κ2) is 39.1. The topological polar surface area (TPSA) is 460 Å². The lowest BCUT2D eigenvalue weighted by Gasteiger charge is -2.36. The van der Waals surface area contributed by atoms with E-state index in [-0.39, 0.29) is 0 Å². The quantitative estimate of drug-likeness (QED) is 0.00690. The fourth-order valence-electron chi connectivity index (χ4n) is 12.0. The molecule has 0 spiro atoms. The van der Waals surface area contributed by atoms with E-state index in [2.05, 4.69) is 60.2 Å². The molecule has 0 aromatic heterocycles. The van der Waals surface area contributed by atoms with Gasteiger partial charge in [-0.25, -0.2) is 108 Å². The molecule has 31 nitrogen and oxygen atoms in total. The van der Waals surface area contributed by atoms with Crippen LogP contribution >= 0.6 is 0 Å². The molecule has 0 aliphatic rings. The van der Waals surface area contributed by atoms with Crippen LogP contribution in [0.1, 0.15) is 214 Å². The van der Waals surface area contributed by atoms with E-state index in [1.165, 1.54) is 0 Å². The van der Waals surface area contributed by atoms with E-state index in [0.29, 0.717) is 0 Å². The molecule has 0 aliphatic carbocycles. The summed E-state index contributed by atoms with van der Waals surface area (Å²) in [6, 6.07) is 0. The van der Waals surface area contributed by atoms with Gasteiger partial charge >= 0.3 is 35.8 Å². The lowest BCUT2D eigenvalue weighted by molar-refractivity contribution is -0.112. The van der Waals surface area contributed by atoms with Crippen molar-refractivity contribution >= 4 is 69.9 Å². The van der Waals surface area contributed by atoms with Gasteiger partial charge in [0.05, 0.1) is 24.0 Å². The van der Waals surface area contributed by atoms with Gasteiger partial charge in [0.1, 0.15) is 142 Å². The van der Waals surface area contributed by atoms with Gasteiger partial charge in [-0.15, -0.1) is 0 Å². The van der Waals surface area contributed by atoms with Crippen LogP contribution < -0.4 is 0 Å². The number of nitrogens with zero attached hydrogens (tertiary/aromatic N) is 18.